The first kappa shape index (κ1) is 14.2. The molecule has 0 unspecified atom stereocenters. The molecule has 0 aromatic heterocycles. The second kappa shape index (κ2) is 6.14. The van der Waals surface area contributed by atoms with E-state index in [0.717, 1.165) is 0 Å². The van der Waals surface area contributed by atoms with Crippen molar-refractivity contribution in [2.75, 3.05) is 19.6 Å². The highest BCUT2D eigenvalue weighted by molar-refractivity contribution is 7.89. The molecule has 5 heteroatoms. The molecule has 1 radical (unpaired) electrons. The van der Waals surface area contributed by atoms with E-state index in [4.69, 9.17) is 0 Å². The maximum absolute atomic E-state index is 12.4. The van der Waals surface area contributed by atoms with Crippen molar-refractivity contribution in [3.63, 3.8) is 0 Å². The highest BCUT2D eigenvalue weighted by Crippen LogP contribution is 2.16. The number of hydrogen-bond acceptors (Lipinski definition) is 3. The van der Waals surface area contributed by atoms with Gasteiger partial charge < -0.3 is 0 Å². The molecule has 0 N–H and O–H groups in total. The topological polar surface area (TPSA) is 40.6 Å². The molecule has 0 saturated heterocycles. The molecule has 0 amide bonds. The Labute approximate surface area is 104 Å². The van der Waals surface area contributed by atoms with E-state index in [1.54, 1.807) is 24.3 Å². The third kappa shape index (κ3) is 3.06. The summed E-state index contributed by atoms with van der Waals surface area (Å²) >= 11 is 0. The fourth-order valence-electron chi connectivity index (χ4n) is 1.73. The summed E-state index contributed by atoms with van der Waals surface area (Å²) in [5.41, 5.74) is 0. The van der Waals surface area contributed by atoms with Crippen LogP contribution in [0.3, 0.4) is 0 Å². The molecule has 4 nitrogen and oxygen atoms in total. The summed E-state index contributed by atoms with van der Waals surface area (Å²) in [4.78, 5) is 0.310. The second-order valence-electron chi connectivity index (χ2n) is 3.52. The molecule has 0 heterocycles. The summed E-state index contributed by atoms with van der Waals surface area (Å²) in [6.07, 6.45) is 0. The molecule has 1 aromatic carbocycles. The predicted octanol–water partition coefficient (Wildman–Crippen LogP) is 1.75. The quantitative estimate of drug-likeness (QED) is 0.727. The maximum Gasteiger partial charge on any atom is 0.255 e. The van der Waals surface area contributed by atoms with Crippen LogP contribution in [0, 0.1) is 6.07 Å². The Morgan fingerprint density at radius 3 is 2.00 bits per heavy atom. The first-order valence-electron chi connectivity index (χ1n) is 5.81. The van der Waals surface area contributed by atoms with Gasteiger partial charge in [0.15, 0.2) is 0 Å². The van der Waals surface area contributed by atoms with Crippen LogP contribution in [0.1, 0.15) is 20.8 Å². The monoisotopic (exact) mass is 255 g/mol. The molecule has 0 saturated carbocycles. The minimum Gasteiger partial charge on any atom is -0.228 e. The van der Waals surface area contributed by atoms with E-state index in [2.05, 4.69) is 6.07 Å². The first-order chi connectivity index (χ1) is 8.07. The Morgan fingerprint density at radius 1 is 1.06 bits per heavy atom. The van der Waals surface area contributed by atoms with Gasteiger partial charge in [0.1, 0.15) is 0 Å². The number of benzene rings is 1. The van der Waals surface area contributed by atoms with Crippen molar-refractivity contribution >= 4 is 10.0 Å². The van der Waals surface area contributed by atoms with Crippen molar-refractivity contribution in [3.8, 4) is 0 Å². The number of hydrogen-bond donors (Lipinski definition) is 0. The summed E-state index contributed by atoms with van der Waals surface area (Å²) in [5, 5.41) is 1.81. The molecule has 95 valence electrons. The van der Waals surface area contributed by atoms with Crippen LogP contribution in [-0.4, -0.2) is 37.5 Å². The highest BCUT2D eigenvalue weighted by atomic mass is 32.2. The smallest absolute Gasteiger partial charge is 0.228 e. The Hall–Kier alpha value is -0.910. The number of sulfonamides is 1. The van der Waals surface area contributed by atoms with Gasteiger partial charge in [-0.15, -0.1) is 4.41 Å². The Kier molecular flexibility index (Phi) is 5.11. The molecule has 0 atom stereocenters. The Bertz CT molecular complexity index is 427. The van der Waals surface area contributed by atoms with Crippen LogP contribution in [0.25, 0.3) is 0 Å². The average molecular weight is 255 g/mol. The normalized spacial score (nSPS) is 12.3. The van der Waals surface area contributed by atoms with E-state index >= 15 is 0 Å². The molecule has 0 aliphatic rings. The average Bonchev–Trinajstić information content (AvgIpc) is 2.36. The Balaban J connectivity index is 3.11. The van der Waals surface area contributed by atoms with Crippen molar-refractivity contribution in [2.24, 2.45) is 0 Å². The summed E-state index contributed by atoms with van der Waals surface area (Å²) in [5.74, 6) is 0. The zero-order valence-electron chi connectivity index (χ0n) is 10.5. The summed E-state index contributed by atoms with van der Waals surface area (Å²) in [6.45, 7) is 7.50. The van der Waals surface area contributed by atoms with Gasteiger partial charge in [0, 0.05) is 19.6 Å². The lowest BCUT2D eigenvalue weighted by molar-refractivity contribution is 0.0771. The van der Waals surface area contributed by atoms with Gasteiger partial charge in [0.25, 0.3) is 10.0 Å². The van der Waals surface area contributed by atoms with E-state index in [1.165, 1.54) is 4.41 Å². The maximum atomic E-state index is 12.4. The van der Waals surface area contributed by atoms with Gasteiger partial charge in [-0.3, -0.25) is 0 Å². The number of rotatable bonds is 6. The van der Waals surface area contributed by atoms with Crippen LogP contribution in [0.4, 0.5) is 0 Å². The third-order valence-corrected chi connectivity index (χ3v) is 4.49. The molecular weight excluding hydrogens is 236 g/mol. The van der Waals surface area contributed by atoms with E-state index < -0.39 is 10.0 Å². The van der Waals surface area contributed by atoms with Gasteiger partial charge in [0.2, 0.25) is 0 Å². The van der Waals surface area contributed by atoms with E-state index in [9.17, 15) is 8.42 Å². The lowest BCUT2D eigenvalue weighted by atomic mass is 10.4. The molecule has 0 bridgehead atoms. The van der Waals surface area contributed by atoms with Crippen LogP contribution >= 0.6 is 0 Å². The minimum atomic E-state index is -3.44. The second-order valence-corrected chi connectivity index (χ2v) is 5.36. The van der Waals surface area contributed by atoms with Crippen LogP contribution in [0.15, 0.2) is 29.2 Å². The standard InChI is InChI=1S/C12H19N2O2S/c1-4-13(5-2)14(6-3)17(15,16)12-10-8-7-9-11-12/h8-11H,4-6H2,1-3H3. The highest BCUT2D eigenvalue weighted by Gasteiger charge is 2.26. The van der Waals surface area contributed by atoms with Gasteiger partial charge >= 0.3 is 0 Å². The zero-order valence-corrected chi connectivity index (χ0v) is 11.4. The molecular formula is C12H19N2O2S. The minimum absolute atomic E-state index is 0.310. The van der Waals surface area contributed by atoms with Crippen molar-refractivity contribution in [3.05, 3.63) is 30.3 Å². The van der Waals surface area contributed by atoms with E-state index in [-0.39, 0.29) is 0 Å². The summed E-state index contributed by atoms with van der Waals surface area (Å²) < 4.78 is 26.2. The van der Waals surface area contributed by atoms with Gasteiger partial charge in [-0.1, -0.05) is 26.0 Å². The first-order valence-corrected chi connectivity index (χ1v) is 7.25. The van der Waals surface area contributed by atoms with E-state index in [1.807, 2.05) is 25.8 Å². The lowest BCUT2D eigenvalue weighted by Crippen LogP contribution is -2.46. The van der Waals surface area contributed by atoms with Crippen molar-refractivity contribution in [2.45, 2.75) is 25.7 Å². The fraction of sp³-hybridized carbons (Fsp3) is 0.500. The summed E-state index contributed by atoms with van der Waals surface area (Å²) in [7, 11) is -3.44. The van der Waals surface area contributed by atoms with Crippen LogP contribution in [0.5, 0.6) is 0 Å². The zero-order chi connectivity index (χ0) is 12.9. The molecule has 1 aromatic rings. The van der Waals surface area contributed by atoms with Gasteiger partial charge in [0.05, 0.1) is 4.90 Å². The van der Waals surface area contributed by atoms with Crippen LogP contribution in [0.2, 0.25) is 0 Å². The number of hydrazine groups is 1. The molecule has 0 fully saturated rings. The fourth-order valence-corrected chi connectivity index (χ4v) is 3.32. The lowest BCUT2D eigenvalue weighted by Gasteiger charge is -2.31. The molecule has 17 heavy (non-hydrogen) atoms. The number of nitrogens with zero attached hydrogens (tertiary/aromatic N) is 2. The molecule has 1 rings (SSSR count). The molecule has 0 spiro atoms. The van der Waals surface area contributed by atoms with Crippen molar-refractivity contribution in [1.29, 1.82) is 0 Å². The van der Waals surface area contributed by atoms with Crippen LogP contribution < -0.4 is 0 Å². The largest absolute Gasteiger partial charge is 0.255 e. The molecule has 0 aliphatic carbocycles. The summed E-state index contributed by atoms with van der Waals surface area (Å²) in [6, 6.07) is 9.19. The van der Waals surface area contributed by atoms with Gasteiger partial charge in [-0.2, -0.15) is 0 Å². The Morgan fingerprint density at radius 2 is 1.59 bits per heavy atom. The SMILES string of the molecule is CCN(CC)N(CC)S(=O)(=O)c1cc[c]cc1. The van der Waals surface area contributed by atoms with Gasteiger partial charge in [-0.25, -0.2) is 13.4 Å². The third-order valence-electron chi connectivity index (χ3n) is 2.58. The van der Waals surface area contributed by atoms with Gasteiger partial charge in [-0.05, 0) is 25.1 Å². The van der Waals surface area contributed by atoms with Crippen molar-refractivity contribution in [1.82, 2.24) is 9.42 Å². The van der Waals surface area contributed by atoms with E-state index in [0.29, 0.717) is 24.5 Å². The molecule has 0 aliphatic heterocycles. The predicted molar refractivity (Wildman–Crippen MR) is 67.8 cm³/mol. The van der Waals surface area contributed by atoms with Crippen molar-refractivity contribution < 1.29 is 8.42 Å². The van der Waals surface area contributed by atoms with Crippen LogP contribution in [-0.2, 0) is 10.0 Å².